The summed E-state index contributed by atoms with van der Waals surface area (Å²) in [4.78, 5) is 0. The molecule has 0 aliphatic heterocycles. The van der Waals surface area contributed by atoms with Crippen molar-refractivity contribution in [2.45, 2.75) is 0 Å². The number of hydrogen-bond donors (Lipinski definition) is 1. The molecule has 162 valence electrons. The fourth-order valence-electron chi connectivity index (χ4n) is 3.69. The second-order valence-electron chi connectivity index (χ2n) is 7.50. The van der Waals surface area contributed by atoms with Crippen molar-refractivity contribution in [2.75, 3.05) is 0 Å². The van der Waals surface area contributed by atoms with E-state index >= 15 is 0 Å². The SMILES string of the molecule is O=P(c1ccccc1)(c1ccccc1)c1ccccc1O.c1ccc(-c2ccccc2)cc1. The molecule has 0 aliphatic carbocycles. The van der Waals surface area contributed by atoms with Crippen LogP contribution in [0, 0.1) is 0 Å². The molecule has 33 heavy (non-hydrogen) atoms. The quantitative estimate of drug-likeness (QED) is 0.324. The Morgan fingerprint density at radius 2 is 0.758 bits per heavy atom. The molecule has 0 radical (unpaired) electrons. The van der Waals surface area contributed by atoms with E-state index in [1.807, 2.05) is 72.8 Å². The summed E-state index contributed by atoms with van der Waals surface area (Å²) in [7, 11) is -3.06. The molecule has 0 heterocycles. The molecule has 0 saturated heterocycles. The maximum atomic E-state index is 13.9. The molecule has 3 heteroatoms. The van der Waals surface area contributed by atoms with Crippen LogP contribution in [0.1, 0.15) is 0 Å². The summed E-state index contributed by atoms with van der Waals surface area (Å²) in [5.41, 5.74) is 2.55. The third-order valence-corrected chi connectivity index (χ3v) is 8.45. The number of benzene rings is 5. The summed E-state index contributed by atoms with van der Waals surface area (Å²) >= 11 is 0. The van der Waals surface area contributed by atoms with Crippen molar-refractivity contribution in [3.05, 3.63) is 146 Å². The lowest BCUT2D eigenvalue weighted by Gasteiger charge is -2.20. The summed E-state index contributed by atoms with van der Waals surface area (Å²) in [6.07, 6.45) is 0. The van der Waals surface area contributed by atoms with Crippen molar-refractivity contribution >= 4 is 23.1 Å². The number of phenols is 1. The van der Waals surface area contributed by atoms with Gasteiger partial charge in [0.15, 0.2) is 7.14 Å². The lowest BCUT2D eigenvalue weighted by molar-refractivity contribution is 0.479. The van der Waals surface area contributed by atoms with Gasteiger partial charge in [-0.2, -0.15) is 0 Å². The molecule has 5 aromatic carbocycles. The highest BCUT2D eigenvalue weighted by Crippen LogP contribution is 2.44. The van der Waals surface area contributed by atoms with Crippen molar-refractivity contribution in [3.63, 3.8) is 0 Å². The van der Waals surface area contributed by atoms with Crippen LogP contribution in [0.5, 0.6) is 5.75 Å². The zero-order chi connectivity index (χ0) is 22.9. The highest BCUT2D eigenvalue weighted by molar-refractivity contribution is 7.85. The Bertz CT molecular complexity index is 1240. The molecule has 0 saturated carbocycles. The maximum Gasteiger partial charge on any atom is 0.174 e. The number of aromatic hydroxyl groups is 1. The first kappa shape index (κ1) is 22.3. The molecular weight excluding hydrogens is 423 g/mol. The second kappa shape index (κ2) is 10.6. The van der Waals surface area contributed by atoms with Gasteiger partial charge in [-0.25, -0.2) is 0 Å². The van der Waals surface area contributed by atoms with Crippen LogP contribution in [0.15, 0.2) is 146 Å². The van der Waals surface area contributed by atoms with E-state index in [1.54, 1.807) is 24.3 Å². The van der Waals surface area contributed by atoms with Gasteiger partial charge in [-0.1, -0.05) is 133 Å². The first-order valence-electron chi connectivity index (χ1n) is 10.8. The third-order valence-electron chi connectivity index (χ3n) is 5.34. The largest absolute Gasteiger partial charge is 0.507 e. The highest BCUT2D eigenvalue weighted by atomic mass is 31.2. The summed E-state index contributed by atoms with van der Waals surface area (Å²) < 4.78 is 13.9. The summed E-state index contributed by atoms with van der Waals surface area (Å²) in [5.74, 6) is 0.0635. The molecule has 5 rings (SSSR count). The standard InChI is InChI=1S/C18H15O2P.C12H10/c19-17-13-7-8-14-18(17)21(20,15-9-3-1-4-10-15)16-11-5-2-6-12-16;1-3-7-11(8-4-1)12-9-5-2-6-10-12/h1-14,19H;1-10H. The zero-order valence-electron chi connectivity index (χ0n) is 18.2. The number of phenolic OH excluding ortho intramolecular Hbond substituents is 1. The van der Waals surface area contributed by atoms with Gasteiger partial charge in [0.25, 0.3) is 0 Å². The van der Waals surface area contributed by atoms with E-state index < -0.39 is 7.14 Å². The molecule has 0 unspecified atom stereocenters. The Kier molecular flexibility index (Phi) is 7.19. The zero-order valence-corrected chi connectivity index (χ0v) is 19.1. The van der Waals surface area contributed by atoms with E-state index in [9.17, 15) is 9.67 Å². The number of hydrogen-bond acceptors (Lipinski definition) is 2. The normalized spacial score (nSPS) is 10.7. The van der Waals surface area contributed by atoms with Gasteiger partial charge in [-0.15, -0.1) is 0 Å². The average Bonchev–Trinajstić information content (AvgIpc) is 2.91. The molecule has 0 aliphatic rings. The van der Waals surface area contributed by atoms with Crippen LogP contribution in [0.2, 0.25) is 0 Å². The Morgan fingerprint density at radius 3 is 1.15 bits per heavy atom. The van der Waals surface area contributed by atoms with Gasteiger partial charge in [-0.05, 0) is 23.3 Å². The fraction of sp³-hybridized carbons (Fsp3) is 0. The van der Waals surface area contributed by atoms with Crippen LogP contribution in [0.3, 0.4) is 0 Å². The topological polar surface area (TPSA) is 37.3 Å². The minimum atomic E-state index is -3.06. The van der Waals surface area contributed by atoms with Gasteiger partial charge in [0.2, 0.25) is 0 Å². The molecular formula is C30H25O2P. The molecule has 5 aromatic rings. The van der Waals surface area contributed by atoms with Gasteiger partial charge in [0.1, 0.15) is 5.75 Å². The fourth-order valence-corrected chi connectivity index (χ4v) is 6.43. The van der Waals surface area contributed by atoms with Gasteiger partial charge in [0.05, 0.1) is 5.30 Å². The van der Waals surface area contributed by atoms with Crippen LogP contribution in [-0.2, 0) is 4.57 Å². The van der Waals surface area contributed by atoms with Crippen molar-refractivity contribution in [1.29, 1.82) is 0 Å². The van der Waals surface area contributed by atoms with E-state index in [0.717, 1.165) is 10.6 Å². The molecule has 0 aromatic heterocycles. The van der Waals surface area contributed by atoms with Crippen molar-refractivity contribution in [1.82, 2.24) is 0 Å². The molecule has 0 fully saturated rings. The van der Waals surface area contributed by atoms with E-state index in [2.05, 4.69) is 48.5 Å². The number of rotatable bonds is 4. The monoisotopic (exact) mass is 448 g/mol. The van der Waals surface area contributed by atoms with E-state index in [4.69, 9.17) is 0 Å². The smallest absolute Gasteiger partial charge is 0.174 e. The van der Waals surface area contributed by atoms with Crippen LogP contribution < -0.4 is 15.9 Å². The van der Waals surface area contributed by atoms with Crippen molar-refractivity contribution < 1.29 is 9.67 Å². The summed E-state index contributed by atoms with van der Waals surface area (Å²) in [5, 5.41) is 12.1. The van der Waals surface area contributed by atoms with Crippen molar-refractivity contribution in [2.24, 2.45) is 0 Å². The molecule has 2 nitrogen and oxygen atoms in total. The number of para-hydroxylation sites is 1. The average molecular weight is 449 g/mol. The van der Waals surface area contributed by atoms with E-state index in [1.165, 1.54) is 11.1 Å². The van der Waals surface area contributed by atoms with Gasteiger partial charge >= 0.3 is 0 Å². The minimum Gasteiger partial charge on any atom is -0.507 e. The minimum absolute atomic E-state index is 0.0635. The van der Waals surface area contributed by atoms with Gasteiger partial charge < -0.3 is 9.67 Å². The summed E-state index contributed by atoms with van der Waals surface area (Å²) in [6.45, 7) is 0. The molecule has 0 spiro atoms. The first-order chi connectivity index (χ1) is 16.2. The second-order valence-corrected chi connectivity index (χ2v) is 10.2. The lowest BCUT2D eigenvalue weighted by atomic mass is 10.1. The Morgan fingerprint density at radius 1 is 0.424 bits per heavy atom. The van der Waals surface area contributed by atoms with E-state index in [-0.39, 0.29) is 5.75 Å². The van der Waals surface area contributed by atoms with Crippen LogP contribution >= 0.6 is 7.14 Å². The van der Waals surface area contributed by atoms with E-state index in [0.29, 0.717) is 5.30 Å². The van der Waals surface area contributed by atoms with Crippen molar-refractivity contribution in [3.8, 4) is 16.9 Å². The van der Waals surface area contributed by atoms with Gasteiger partial charge in [0, 0.05) is 10.6 Å². The summed E-state index contributed by atoms with van der Waals surface area (Å²) in [6, 6.07) is 46.3. The predicted octanol–water partition coefficient (Wildman–Crippen LogP) is 6.39. The Labute approximate surface area is 195 Å². The van der Waals surface area contributed by atoms with Crippen LogP contribution in [0.4, 0.5) is 0 Å². The van der Waals surface area contributed by atoms with Gasteiger partial charge in [-0.3, -0.25) is 0 Å². The first-order valence-corrected chi connectivity index (χ1v) is 12.5. The molecule has 1 N–H and O–H groups in total. The third kappa shape index (κ3) is 5.14. The highest BCUT2D eigenvalue weighted by Gasteiger charge is 2.31. The lowest BCUT2D eigenvalue weighted by Crippen LogP contribution is -2.25. The Balaban J connectivity index is 0.000000183. The maximum absolute atomic E-state index is 13.9. The van der Waals surface area contributed by atoms with Crippen LogP contribution in [-0.4, -0.2) is 5.11 Å². The Hall–Kier alpha value is -3.87. The van der Waals surface area contributed by atoms with Crippen LogP contribution in [0.25, 0.3) is 11.1 Å². The predicted molar refractivity (Wildman–Crippen MR) is 139 cm³/mol. The molecule has 0 atom stereocenters. The molecule has 0 amide bonds. The molecule has 0 bridgehead atoms.